The van der Waals surface area contributed by atoms with Crippen molar-refractivity contribution >= 4 is 29.1 Å². The average molecular weight is 283 g/mol. The SMILES string of the molecule is O=C(NOc1cncc(Cl)c1)c1ccc(Cl)cc1. The molecule has 2 rings (SSSR count). The lowest BCUT2D eigenvalue weighted by Gasteiger charge is -2.06. The van der Waals surface area contributed by atoms with Crippen LogP contribution in [0.4, 0.5) is 0 Å². The standard InChI is InChI=1S/C12H8Cl2N2O2/c13-9-3-1-8(2-4-9)12(17)16-18-11-5-10(14)6-15-7-11/h1-7H,(H,16,17). The molecule has 0 aliphatic carbocycles. The van der Waals surface area contributed by atoms with Crippen LogP contribution in [0.25, 0.3) is 0 Å². The van der Waals surface area contributed by atoms with E-state index in [2.05, 4.69) is 10.5 Å². The van der Waals surface area contributed by atoms with Crippen LogP contribution >= 0.6 is 23.2 Å². The molecule has 92 valence electrons. The molecule has 0 aliphatic rings. The Morgan fingerprint density at radius 3 is 2.50 bits per heavy atom. The molecule has 0 spiro atoms. The molecule has 0 radical (unpaired) electrons. The fraction of sp³-hybridized carbons (Fsp3) is 0. The third-order valence-electron chi connectivity index (χ3n) is 2.05. The third-order valence-corrected chi connectivity index (χ3v) is 2.51. The number of halogens is 2. The minimum atomic E-state index is -0.383. The van der Waals surface area contributed by atoms with E-state index in [-0.39, 0.29) is 5.91 Å². The minimum Gasteiger partial charge on any atom is -0.378 e. The maximum atomic E-state index is 11.7. The molecular formula is C12H8Cl2N2O2. The molecular weight excluding hydrogens is 275 g/mol. The third kappa shape index (κ3) is 3.35. The Hall–Kier alpha value is -1.78. The summed E-state index contributed by atoms with van der Waals surface area (Å²) in [5.41, 5.74) is 2.72. The highest BCUT2D eigenvalue weighted by Crippen LogP contribution is 2.14. The van der Waals surface area contributed by atoms with E-state index >= 15 is 0 Å². The van der Waals surface area contributed by atoms with Crippen molar-refractivity contribution in [1.82, 2.24) is 10.5 Å². The zero-order valence-corrected chi connectivity index (χ0v) is 10.6. The molecule has 0 saturated heterocycles. The predicted molar refractivity (Wildman–Crippen MR) is 68.8 cm³/mol. The van der Waals surface area contributed by atoms with Gasteiger partial charge in [-0.25, -0.2) is 0 Å². The van der Waals surface area contributed by atoms with Crippen molar-refractivity contribution in [2.75, 3.05) is 0 Å². The summed E-state index contributed by atoms with van der Waals surface area (Å²) >= 11 is 11.4. The number of benzene rings is 1. The first-order valence-electron chi connectivity index (χ1n) is 4.98. The van der Waals surface area contributed by atoms with Gasteiger partial charge in [0, 0.05) is 22.8 Å². The van der Waals surface area contributed by atoms with Gasteiger partial charge in [0.2, 0.25) is 0 Å². The lowest BCUT2D eigenvalue weighted by atomic mass is 10.2. The summed E-state index contributed by atoms with van der Waals surface area (Å²) in [5, 5.41) is 0.986. The second kappa shape index (κ2) is 5.71. The van der Waals surface area contributed by atoms with Crippen LogP contribution < -0.4 is 10.3 Å². The number of nitrogens with one attached hydrogen (secondary N) is 1. The molecule has 1 N–H and O–H groups in total. The normalized spacial score (nSPS) is 9.89. The summed E-state index contributed by atoms with van der Waals surface area (Å²) < 4.78 is 0. The highest BCUT2D eigenvalue weighted by molar-refractivity contribution is 6.30. The number of carbonyl (C=O) groups excluding carboxylic acids is 1. The van der Waals surface area contributed by atoms with Crippen LogP contribution in [0.3, 0.4) is 0 Å². The van der Waals surface area contributed by atoms with Crippen molar-refractivity contribution in [3.8, 4) is 5.75 Å². The Kier molecular flexibility index (Phi) is 4.02. The van der Waals surface area contributed by atoms with Crippen molar-refractivity contribution in [2.45, 2.75) is 0 Å². The molecule has 4 nitrogen and oxygen atoms in total. The molecule has 1 amide bonds. The largest absolute Gasteiger partial charge is 0.378 e. The van der Waals surface area contributed by atoms with Gasteiger partial charge in [-0.2, -0.15) is 5.48 Å². The van der Waals surface area contributed by atoms with Gasteiger partial charge in [-0.05, 0) is 24.3 Å². The van der Waals surface area contributed by atoms with Gasteiger partial charge in [-0.15, -0.1) is 0 Å². The number of hydrogen-bond donors (Lipinski definition) is 1. The van der Waals surface area contributed by atoms with E-state index in [1.807, 2.05) is 0 Å². The number of carbonyl (C=O) groups is 1. The number of hydrogen-bond acceptors (Lipinski definition) is 3. The second-order valence-electron chi connectivity index (χ2n) is 3.38. The van der Waals surface area contributed by atoms with Crippen LogP contribution in [0.5, 0.6) is 5.75 Å². The van der Waals surface area contributed by atoms with E-state index in [1.165, 1.54) is 18.5 Å². The lowest BCUT2D eigenvalue weighted by Crippen LogP contribution is -2.26. The summed E-state index contributed by atoms with van der Waals surface area (Å²) in [4.78, 5) is 20.6. The van der Waals surface area contributed by atoms with E-state index in [0.717, 1.165) is 0 Å². The van der Waals surface area contributed by atoms with Crippen molar-refractivity contribution in [3.63, 3.8) is 0 Å². The molecule has 1 heterocycles. The Morgan fingerprint density at radius 1 is 1.11 bits per heavy atom. The van der Waals surface area contributed by atoms with Gasteiger partial charge in [0.25, 0.3) is 5.91 Å². The zero-order valence-electron chi connectivity index (χ0n) is 9.06. The van der Waals surface area contributed by atoms with Gasteiger partial charge in [-0.1, -0.05) is 23.2 Å². The molecule has 0 fully saturated rings. The highest BCUT2D eigenvalue weighted by atomic mass is 35.5. The topological polar surface area (TPSA) is 51.2 Å². The Labute approximate surface area is 113 Å². The van der Waals surface area contributed by atoms with E-state index in [1.54, 1.807) is 24.3 Å². The molecule has 0 atom stereocenters. The monoisotopic (exact) mass is 282 g/mol. The minimum absolute atomic E-state index is 0.352. The number of nitrogens with zero attached hydrogens (tertiary/aromatic N) is 1. The number of rotatable bonds is 3. The van der Waals surface area contributed by atoms with Gasteiger partial charge in [0.05, 0.1) is 11.2 Å². The molecule has 0 bridgehead atoms. The fourth-order valence-electron chi connectivity index (χ4n) is 1.21. The zero-order chi connectivity index (χ0) is 13.0. The predicted octanol–water partition coefficient (Wildman–Crippen LogP) is 3.11. The Morgan fingerprint density at radius 2 is 1.83 bits per heavy atom. The van der Waals surface area contributed by atoms with Gasteiger partial charge in [0.15, 0.2) is 5.75 Å². The number of pyridine rings is 1. The second-order valence-corrected chi connectivity index (χ2v) is 4.25. The molecule has 0 saturated carbocycles. The highest BCUT2D eigenvalue weighted by Gasteiger charge is 2.06. The van der Waals surface area contributed by atoms with Crippen molar-refractivity contribution in [1.29, 1.82) is 0 Å². The van der Waals surface area contributed by atoms with Crippen LogP contribution in [0.1, 0.15) is 10.4 Å². The summed E-state index contributed by atoms with van der Waals surface area (Å²) in [7, 11) is 0. The maximum Gasteiger partial charge on any atom is 0.283 e. The lowest BCUT2D eigenvalue weighted by molar-refractivity contribution is 0.0759. The van der Waals surface area contributed by atoms with Crippen LogP contribution in [0.15, 0.2) is 42.7 Å². The molecule has 1 aromatic heterocycles. The van der Waals surface area contributed by atoms with E-state index in [9.17, 15) is 4.79 Å². The Bertz CT molecular complexity index is 558. The fourth-order valence-corrected chi connectivity index (χ4v) is 1.50. The van der Waals surface area contributed by atoms with Gasteiger partial charge < -0.3 is 4.84 Å². The van der Waals surface area contributed by atoms with Crippen LogP contribution in [0, 0.1) is 0 Å². The number of hydroxylamine groups is 1. The smallest absolute Gasteiger partial charge is 0.283 e. The van der Waals surface area contributed by atoms with E-state index in [4.69, 9.17) is 28.0 Å². The molecule has 0 aliphatic heterocycles. The quantitative estimate of drug-likeness (QED) is 0.880. The molecule has 0 unspecified atom stereocenters. The summed E-state index contributed by atoms with van der Waals surface area (Å²) in [6.07, 6.45) is 2.91. The van der Waals surface area contributed by atoms with Crippen molar-refractivity contribution < 1.29 is 9.63 Å². The van der Waals surface area contributed by atoms with Crippen LogP contribution in [0.2, 0.25) is 10.0 Å². The summed E-state index contributed by atoms with van der Waals surface area (Å²) in [6.45, 7) is 0. The maximum absolute atomic E-state index is 11.7. The van der Waals surface area contributed by atoms with Gasteiger partial charge in [-0.3, -0.25) is 9.78 Å². The first-order valence-corrected chi connectivity index (χ1v) is 5.74. The van der Waals surface area contributed by atoms with Crippen molar-refractivity contribution in [2.24, 2.45) is 0 Å². The van der Waals surface area contributed by atoms with Gasteiger partial charge in [0.1, 0.15) is 0 Å². The summed E-state index contributed by atoms with van der Waals surface area (Å²) in [6, 6.07) is 7.97. The van der Waals surface area contributed by atoms with Gasteiger partial charge >= 0.3 is 0 Å². The van der Waals surface area contributed by atoms with Crippen LogP contribution in [-0.2, 0) is 0 Å². The Balaban J connectivity index is 1.98. The first kappa shape index (κ1) is 12.7. The number of amides is 1. The molecule has 18 heavy (non-hydrogen) atoms. The number of aromatic nitrogens is 1. The molecule has 2 aromatic rings. The summed E-state index contributed by atoms with van der Waals surface area (Å²) in [5.74, 6) is -0.0311. The molecule has 6 heteroatoms. The van der Waals surface area contributed by atoms with Crippen molar-refractivity contribution in [3.05, 3.63) is 58.3 Å². The average Bonchev–Trinajstić information content (AvgIpc) is 2.37. The first-order chi connectivity index (χ1) is 8.65. The van der Waals surface area contributed by atoms with Crippen LogP contribution in [-0.4, -0.2) is 10.9 Å². The molecule has 1 aromatic carbocycles. The van der Waals surface area contributed by atoms with E-state index in [0.29, 0.717) is 21.4 Å². The van der Waals surface area contributed by atoms with E-state index < -0.39 is 0 Å².